The van der Waals surface area contributed by atoms with Gasteiger partial charge in [-0.25, -0.2) is 13.6 Å². The average molecular weight is 459 g/mol. The molecular weight excluding hydrogens is 443 g/mol. The second kappa shape index (κ2) is 8.89. The summed E-state index contributed by atoms with van der Waals surface area (Å²) in [6, 6.07) is 9.60. The number of ether oxygens (including phenoxy) is 1. The van der Waals surface area contributed by atoms with Gasteiger partial charge in [0.1, 0.15) is 17.7 Å². The summed E-state index contributed by atoms with van der Waals surface area (Å²) in [6.07, 6.45) is -0.0485. The molecule has 0 unspecified atom stereocenters. The van der Waals surface area contributed by atoms with Gasteiger partial charge in [0.15, 0.2) is 0 Å². The molecule has 2 aromatic carbocycles. The van der Waals surface area contributed by atoms with E-state index >= 15 is 0 Å². The summed E-state index contributed by atoms with van der Waals surface area (Å²) in [7, 11) is 1.23. The SMILES string of the molecule is COC(=O)[C@H](Cc1cccc(I)c1)NC(=O)Cc1ccc(F)cc1F. The zero-order valence-corrected chi connectivity index (χ0v) is 15.5. The first kappa shape index (κ1) is 19.3. The van der Waals surface area contributed by atoms with Crippen LogP contribution in [0.25, 0.3) is 0 Å². The average Bonchev–Trinajstić information content (AvgIpc) is 2.56. The van der Waals surface area contributed by atoms with Gasteiger partial charge in [0.2, 0.25) is 5.91 Å². The Morgan fingerprint density at radius 3 is 2.60 bits per heavy atom. The van der Waals surface area contributed by atoms with E-state index in [0.717, 1.165) is 15.2 Å². The maximum Gasteiger partial charge on any atom is 0.328 e. The highest BCUT2D eigenvalue weighted by atomic mass is 127. The van der Waals surface area contributed by atoms with Crippen molar-refractivity contribution < 1.29 is 23.1 Å². The number of benzene rings is 2. The highest BCUT2D eigenvalue weighted by molar-refractivity contribution is 14.1. The molecule has 0 aromatic heterocycles. The maximum atomic E-state index is 13.7. The van der Waals surface area contributed by atoms with Crippen molar-refractivity contribution in [3.8, 4) is 0 Å². The number of methoxy groups -OCH3 is 1. The van der Waals surface area contributed by atoms with E-state index in [4.69, 9.17) is 4.74 Å². The number of hydrogen-bond acceptors (Lipinski definition) is 3. The van der Waals surface area contributed by atoms with Crippen molar-refractivity contribution in [2.24, 2.45) is 0 Å². The van der Waals surface area contributed by atoms with Gasteiger partial charge in [0.05, 0.1) is 13.5 Å². The largest absolute Gasteiger partial charge is 0.467 e. The highest BCUT2D eigenvalue weighted by Crippen LogP contribution is 2.12. The molecule has 7 heteroatoms. The molecule has 25 heavy (non-hydrogen) atoms. The van der Waals surface area contributed by atoms with Gasteiger partial charge < -0.3 is 10.1 Å². The Kier molecular flexibility index (Phi) is 6.86. The van der Waals surface area contributed by atoms with Crippen LogP contribution in [0.5, 0.6) is 0 Å². The molecule has 0 aliphatic rings. The molecule has 4 nitrogen and oxygen atoms in total. The molecule has 0 saturated carbocycles. The van der Waals surface area contributed by atoms with Crippen molar-refractivity contribution in [2.75, 3.05) is 7.11 Å². The second-order valence-electron chi connectivity index (χ2n) is 5.39. The number of esters is 1. The van der Waals surface area contributed by atoms with Gasteiger partial charge >= 0.3 is 5.97 Å². The normalized spacial score (nSPS) is 11.7. The van der Waals surface area contributed by atoms with Crippen molar-refractivity contribution in [1.29, 1.82) is 0 Å². The minimum atomic E-state index is -0.890. The Morgan fingerprint density at radius 1 is 1.20 bits per heavy atom. The molecule has 0 aliphatic carbocycles. The molecule has 0 fully saturated rings. The summed E-state index contributed by atoms with van der Waals surface area (Å²) in [5, 5.41) is 2.55. The third-order valence-electron chi connectivity index (χ3n) is 3.52. The lowest BCUT2D eigenvalue weighted by atomic mass is 10.1. The molecule has 0 radical (unpaired) electrons. The molecule has 1 atom stereocenters. The van der Waals surface area contributed by atoms with E-state index in [-0.39, 0.29) is 18.4 Å². The first-order valence-electron chi connectivity index (χ1n) is 7.44. The van der Waals surface area contributed by atoms with E-state index < -0.39 is 29.6 Å². The van der Waals surface area contributed by atoms with Gasteiger partial charge in [0, 0.05) is 16.1 Å². The fraction of sp³-hybridized carbons (Fsp3) is 0.222. The van der Waals surface area contributed by atoms with E-state index in [1.54, 1.807) is 0 Å². The van der Waals surface area contributed by atoms with Crippen LogP contribution in [0.2, 0.25) is 0 Å². The maximum absolute atomic E-state index is 13.7. The second-order valence-corrected chi connectivity index (χ2v) is 6.64. The Morgan fingerprint density at radius 2 is 1.96 bits per heavy atom. The van der Waals surface area contributed by atoms with Gasteiger partial charge in [-0.05, 0) is 51.9 Å². The van der Waals surface area contributed by atoms with Crippen molar-refractivity contribution in [2.45, 2.75) is 18.9 Å². The van der Waals surface area contributed by atoms with E-state index in [0.29, 0.717) is 6.07 Å². The molecule has 2 aromatic rings. The minimum Gasteiger partial charge on any atom is -0.467 e. The summed E-state index contributed by atoms with van der Waals surface area (Å²) in [5.74, 6) is -2.66. The third kappa shape index (κ3) is 5.77. The van der Waals surface area contributed by atoms with Gasteiger partial charge in [-0.3, -0.25) is 4.79 Å². The van der Waals surface area contributed by atoms with Crippen LogP contribution < -0.4 is 5.32 Å². The molecule has 0 spiro atoms. The van der Waals surface area contributed by atoms with Crippen LogP contribution in [-0.4, -0.2) is 25.0 Å². The highest BCUT2D eigenvalue weighted by Gasteiger charge is 2.22. The summed E-state index contributed by atoms with van der Waals surface area (Å²) in [6.45, 7) is 0. The van der Waals surface area contributed by atoms with Crippen LogP contribution in [0.15, 0.2) is 42.5 Å². The molecule has 0 saturated heterocycles. The molecular formula is C18H16F2INO3. The van der Waals surface area contributed by atoms with Crippen molar-refractivity contribution in [1.82, 2.24) is 5.32 Å². The van der Waals surface area contributed by atoms with Gasteiger partial charge in [0.25, 0.3) is 0 Å². The van der Waals surface area contributed by atoms with Gasteiger partial charge in [-0.2, -0.15) is 0 Å². The number of nitrogens with one attached hydrogen (secondary N) is 1. The molecule has 2 rings (SSSR count). The number of hydrogen-bond donors (Lipinski definition) is 1. The van der Waals surface area contributed by atoms with Crippen molar-refractivity contribution in [3.63, 3.8) is 0 Å². The van der Waals surface area contributed by atoms with Crippen LogP contribution >= 0.6 is 22.6 Å². The first-order valence-corrected chi connectivity index (χ1v) is 8.52. The zero-order valence-electron chi connectivity index (χ0n) is 13.4. The fourth-order valence-electron chi connectivity index (χ4n) is 2.32. The van der Waals surface area contributed by atoms with E-state index in [2.05, 4.69) is 27.9 Å². The lowest BCUT2D eigenvalue weighted by Crippen LogP contribution is -2.43. The van der Waals surface area contributed by atoms with Crippen molar-refractivity contribution in [3.05, 3.63) is 68.8 Å². The van der Waals surface area contributed by atoms with Gasteiger partial charge in [-0.1, -0.05) is 18.2 Å². The molecule has 1 amide bonds. The van der Waals surface area contributed by atoms with Crippen molar-refractivity contribution >= 4 is 34.5 Å². The molecule has 0 aliphatic heterocycles. The van der Waals surface area contributed by atoms with E-state index in [1.807, 2.05) is 24.3 Å². The zero-order chi connectivity index (χ0) is 18.4. The molecule has 1 N–H and O–H groups in total. The Balaban J connectivity index is 2.08. The molecule has 132 valence electrons. The standard InChI is InChI=1S/C18H16F2INO3/c1-25-18(24)16(8-11-3-2-4-14(21)7-11)22-17(23)9-12-5-6-13(19)10-15(12)20/h2-7,10,16H,8-9H2,1H3,(H,22,23)/t16-/m0/s1. The summed E-state index contributed by atoms with van der Waals surface area (Å²) in [4.78, 5) is 24.1. The Hall–Kier alpha value is -2.03. The summed E-state index contributed by atoms with van der Waals surface area (Å²) >= 11 is 2.15. The van der Waals surface area contributed by atoms with Gasteiger partial charge in [-0.15, -0.1) is 0 Å². The third-order valence-corrected chi connectivity index (χ3v) is 4.19. The number of carbonyl (C=O) groups is 2. The van der Waals surface area contributed by atoms with Crippen LogP contribution in [-0.2, 0) is 27.2 Å². The first-order chi connectivity index (χ1) is 11.9. The monoisotopic (exact) mass is 459 g/mol. The van der Waals surface area contributed by atoms with E-state index in [1.165, 1.54) is 13.2 Å². The van der Waals surface area contributed by atoms with E-state index in [9.17, 15) is 18.4 Å². The van der Waals surface area contributed by atoms with Crippen LogP contribution in [0.4, 0.5) is 8.78 Å². The number of amides is 1. The quantitative estimate of drug-likeness (QED) is 0.534. The fourth-order valence-corrected chi connectivity index (χ4v) is 2.93. The van der Waals surface area contributed by atoms with Crippen LogP contribution in [0.3, 0.4) is 0 Å². The summed E-state index contributed by atoms with van der Waals surface area (Å²) < 4.78 is 32.3. The number of halogens is 3. The van der Waals surface area contributed by atoms with Crippen LogP contribution in [0.1, 0.15) is 11.1 Å². The molecule has 0 bridgehead atoms. The predicted octanol–water partition coefficient (Wildman–Crippen LogP) is 3.01. The topological polar surface area (TPSA) is 55.4 Å². The summed E-state index contributed by atoms with van der Waals surface area (Å²) in [5.41, 5.74) is 0.910. The smallest absolute Gasteiger partial charge is 0.328 e. The van der Waals surface area contributed by atoms with Crippen LogP contribution in [0, 0.1) is 15.2 Å². The lowest BCUT2D eigenvalue weighted by molar-refractivity contribution is -0.145. The number of carbonyl (C=O) groups excluding carboxylic acids is 2. The lowest BCUT2D eigenvalue weighted by Gasteiger charge is -2.17. The molecule has 0 heterocycles. The Bertz CT molecular complexity index is 783. The minimum absolute atomic E-state index is 0.0526. The Labute approximate surface area is 157 Å². The number of rotatable bonds is 6. The predicted molar refractivity (Wildman–Crippen MR) is 96.9 cm³/mol.